The Labute approximate surface area is 265 Å². The summed E-state index contributed by atoms with van der Waals surface area (Å²) in [5.74, 6) is -0.806. The highest BCUT2D eigenvalue weighted by atomic mass is 35.5. The van der Waals surface area contributed by atoms with Crippen LogP contribution in [0.4, 0.5) is 9.59 Å². The molecule has 4 N–H and O–H groups in total. The summed E-state index contributed by atoms with van der Waals surface area (Å²) < 4.78 is 10.0. The number of aliphatic carboxylic acids is 1. The molecule has 0 aliphatic rings. The van der Waals surface area contributed by atoms with E-state index in [0.717, 1.165) is 11.3 Å². The summed E-state index contributed by atoms with van der Waals surface area (Å²) in [6.07, 6.45) is 6.45. The number of hydrogen-bond acceptors (Lipinski definition) is 9. The Balaban J connectivity index is -0.000000161. The molecule has 43 heavy (non-hydrogen) atoms. The molecule has 0 saturated heterocycles. The minimum atomic E-state index is -1.06. The SMILES string of the molecule is C=CCCC(=O)CN(C)C(=O)OC(C)(C)C.C=CCCC(=O)CNC.C=CCN.CN(CC(=O)O)C(=O)OC(C)(C)C.Cl. The zero-order valence-electron chi connectivity index (χ0n) is 27.7. The van der Waals surface area contributed by atoms with Gasteiger partial charge in [-0.15, -0.1) is 32.1 Å². The van der Waals surface area contributed by atoms with E-state index in [2.05, 4.69) is 25.1 Å². The second-order valence-electron chi connectivity index (χ2n) is 10.9. The Morgan fingerprint density at radius 3 is 1.40 bits per heavy atom. The van der Waals surface area contributed by atoms with Crippen LogP contribution in [0.1, 0.15) is 67.2 Å². The molecule has 0 bridgehead atoms. The van der Waals surface area contributed by atoms with E-state index in [1.54, 1.807) is 73.9 Å². The molecule has 252 valence electrons. The molecule has 0 aliphatic carbocycles. The smallest absolute Gasteiger partial charge is 0.410 e. The van der Waals surface area contributed by atoms with Gasteiger partial charge in [0.15, 0.2) is 5.78 Å². The molecule has 0 aromatic carbocycles. The molecule has 0 aromatic rings. The van der Waals surface area contributed by atoms with Gasteiger partial charge in [0.1, 0.15) is 23.5 Å². The number of likely N-dealkylation sites (N-methyl/N-ethyl adjacent to an activating group) is 3. The van der Waals surface area contributed by atoms with Gasteiger partial charge in [-0.1, -0.05) is 18.2 Å². The Bertz CT molecular complexity index is 837. The van der Waals surface area contributed by atoms with Crippen LogP contribution in [0.3, 0.4) is 0 Å². The van der Waals surface area contributed by atoms with Gasteiger partial charge in [0, 0.05) is 33.5 Å². The number of carboxylic acid groups (broad SMARTS) is 1. The van der Waals surface area contributed by atoms with Crippen molar-refractivity contribution in [2.75, 3.05) is 47.3 Å². The molecule has 0 fully saturated rings. The highest BCUT2D eigenvalue weighted by molar-refractivity contribution is 5.85. The summed E-state index contributed by atoms with van der Waals surface area (Å²) in [4.78, 5) is 57.2. The molecule has 0 spiro atoms. The standard InChI is InChI=1S/C12H21NO3.C8H15NO4.C7H13NO.C3H7N.ClH/c1-6-7-8-10(14)9-13(5)11(15)16-12(2,3)4;1-8(2,3)13-7(12)9(4)5-6(10)11;1-3-4-5-7(9)6-8-2;1-2-3-4;/h6H,1,7-9H2,2-5H3;5H2,1-4H3,(H,10,11);3,8H,1,4-6H2,2H3;2H,1,3-4H2;1H. The molecular formula is C30H57ClN4O8. The number of ketones is 2. The minimum Gasteiger partial charge on any atom is -0.480 e. The van der Waals surface area contributed by atoms with Crippen molar-refractivity contribution in [1.29, 1.82) is 0 Å². The lowest BCUT2D eigenvalue weighted by molar-refractivity contribution is -0.138. The zero-order chi connectivity index (χ0) is 33.9. The van der Waals surface area contributed by atoms with Crippen LogP contribution in [0.2, 0.25) is 0 Å². The van der Waals surface area contributed by atoms with Gasteiger partial charge < -0.3 is 35.4 Å². The third-order valence-electron chi connectivity index (χ3n) is 3.99. The first-order valence-corrected chi connectivity index (χ1v) is 13.5. The molecule has 0 rings (SSSR count). The first-order chi connectivity index (χ1) is 19.2. The summed E-state index contributed by atoms with van der Waals surface area (Å²) in [6.45, 7) is 21.7. The van der Waals surface area contributed by atoms with Crippen molar-refractivity contribution in [2.24, 2.45) is 5.73 Å². The number of carboxylic acids is 1. The van der Waals surface area contributed by atoms with Gasteiger partial charge in [-0.2, -0.15) is 0 Å². The van der Waals surface area contributed by atoms with E-state index < -0.39 is 29.4 Å². The van der Waals surface area contributed by atoms with E-state index in [1.165, 1.54) is 11.9 Å². The lowest BCUT2D eigenvalue weighted by atomic mass is 10.2. The summed E-state index contributed by atoms with van der Waals surface area (Å²) in [5.41, 5.74) is 3.78. The molecule has 2 amide bonds. The molecule has 0 radical (unpaired) electrons. The molecule has 0 heterocycles. The van der Waals surface area contributed by atoms with E-state index >= 15 is 0 Å². The molecule has 0 saturated carbocycles. The van der Waals surface area contributed by atoms with Gasteiger partial charge in [0.2, 0.25) is 0 Å². The van der Waals surface area contributed by atoms with Crippen molar-refractivity contribution in [3.8, 4) is 0 Å². The number of carbonyl (C=O) groups is 5. The Morgan fingerprint density at radius 1 is 0.767 bits per heavy atom. The molecule has 13 heteroatoms. The zero-order valence-corrected chi connectivity index (χ0v) is 28.5. The van der Waals surface area contributed by atoms with Crippen LogP contribution >= 0.6 is 12.4 Å². The number of halogens is 1. The molecule has 0 atom stereocenters. The maximum Gasteiger partial charge on any atom is 0.410 e. The third-order valence-corrected chi connectivity index (χ3v) is 3.99. The van der Waals surface area contributed by atoms with Crippen LogP contribution < -0.4 is 11.1 Å². The minimum absolute atomic E-state index is 0. The second-order valence-corrected chi connectivity index (χ2v) is 10.9. The van der Waals surface area contributed by atoms with Crippen LogP contribution in [0.15, 0.2) is 38.0 Å². The lowest BCUT2D eigenvalue weighted by Crippen LogP contribution is -2.37. The molecule has 0 aliphatic heterocycles. The number of rotatable bonds is 13. The summed E-state index contributed by atoms with van der Waals surface area (Å²) >= 11 is 0. The monoisotopic (exact) mass is 636 g/mol. The quantitative estimate of drug-likeness (QED) is 0.242. The summed E-state index contributed by atoms with van der Waals surface area (Å²) in [6, 6.07) is 0. The maximum atomic E-state index is 11.5. The largest absolute Gasteiger partial charge is 0.480 e. The number of nitrogens with zero attached hydrogens (tertiary/aromatic N) is 2. The Kier molecular flexibility index (Phi) is 33.2. The maximum absolute atomic E-state index is 11.5. The van der Waals surface area contributed by atoms with E-state index in [4.69, 9.17) is 20.3 Å². The fourth-order valence-corrected chi connectivity index (χ4v) is 2.17. The van der Waals surface area contributed by atoms with Crippen molar-refractivity contribution in [1.82, 2.24) is 15.1 Å². The highest BCUT2D eigenvalue weighted by Crippen LogP contribution is 2.10. The fraction of sp³-hybridized carbons (Fsp3) is 0.633. The number of hydrogen-bond donors (Lipinski definition) is 3. The molecule has 12 nitrogen and oxygen atoms in total. The summed E-state index contributed by atoms with van der Waals surface area (Å²) in [7, 11) is 4.70. The van der Waals surface area contributed by atoms with E-state index in [1.807, 2.05) is 0 Å². The van der Waals surface area contributed by atoms with Gasteiger partial charge in [-0.05, 0) is 61.4 Å². The van der Waals surface area contributed by atoms with Crippen LogP contribution in [-0.4, -0.2) is 103 Å². The average molecular weight is 637 g/mol. The average Bonchev–Trinajstić information content (AvgIpc) is 2.84. The third kappa shape index (κ3) is 43.4. The molecular weight excluding hydrogens is 580 g/mol. The molecule has 0 unspecified atom stereocenters. The Morgan fingerprint density at radius 2 is 1.12 bits per heavy atom. The first kappa shape index (κ1) is 49.5. The lowest BCUT2D eigenvalue weighted by Gasteiger charge is -2.24. The topological polar surface area (TPSA) is 169 Å². The van der Waals surface area contributed by atoms with Crippen molar-refractivity contribution in [3.05, 3.63) is 38.0 Å². The Hall–Kier alpha value is -3.22. The molecule has 0 aromatic heterocycles. The van der Waals surface area contributed by atoms with Gasteiger partial charge in [-0.3, -0.25) is 14.4 Å². The van der Waals surface area contributed by atoms with Crippen molar-refractivity contribution < 1.29 is 38.6 Å². The first-order valence-electron chi connectivity index (χ1n) is 13.5. The van der Waals surface area contributed by atoms with Crippen LogP contribution in [0.5, 0.6) is 0 Å². The predicted octanol–water partition coefficient (Wildman–Crippen LogP) is 4.62. The van der Waals surface area contributed by atoms with Crippen molar-refractivity contribution >= 4 is 42.1 Å². The number of allylic oxidation sites excluding steroid dienone is 2. The van der Waals surface area contributed by atoms with Gasteiger partial charge in [0.05, 0.1) is 13.1 Å². The predicted molar refractivity (Wildman–Crippen MR) is 175 cm³/mol. The number of ether oxygens (including phenoxy) is 2. The van der Waals surface area contributed by atoms with Crippen molar-refractivity contribution in [2.45, 2.75) is 78.4 Å². The highest BCUT2D eigenvalue weighted by Gasteiger charge is 2.21. The normalized spacial score (nSPS) is 9.72. The van der Waals surface area contributed by atoms with Gasteiger partial charge >= 0.3 is 18.2 Å². The second kappa shape index (κ2) is 28.9. The number of amides is 2. The number of carbonyl (C=O) groups excluding carboxylic acids is 4. The van der Waals surface area contributed by atoms with E-state index in [0.29, 0.717) is 32.4 Å². The summed E-state index contributed by atoms with van der Waals surface area (Å²) in [5, 5.41) is 11.2. The number of nitrogens with two attached hydrogens (primary N) is 1. The van der Waals surface area contributed by atoms with Crippen molar-refractivity contribution in [3.63, 3.8) is 0 Å². The van der Waals surface area contributed by atoms with Crippen LogP contribution in [0.25, 0.3) is 0 Å². The van der Waals surface area contributed by atoms with Crippen LogP contribution in [-0.2, 0) is 23.9 Å². The van der Waals surface area contributed by atoms with E-state index in [-0.39, 0.29) is 37.1 Å². The van der Waals surface area contributed by atoms with Gasteiger partial charge in [0.25, 0.3) is 0 Å². The fourth-order valence-electron chi connectivity index (χ4n) is 2.17. The number of Topliss-reactive ketones (excluding diaryl/α,β-unsaturated/α-hetero) is 2. The number of nitrogens with one attached hydrogen (secondary N) is 1. The van der Waals surface area contributed by atoms with Gasteiger partial charge in [-0.25, -0.2) is 9.59 Å². The van der Waals surface area contributed by atoms with Crippen LogP contribution in [0, 0.1) is 0 Å². The van der Waals surface area contributed by atoms with E-state index in [9.17, 15) is 24.0 Å².